The number of amides is 3. The maximum absolute atomic E-state index is 9.54. The SMILES string of the molecule is N#CO.NC(=O)NC(=O)O. The van der Waals surface area contributed by atoms with Crippen molar-refractivity contribution in [1.82, 2.24) is 5.32 Å². The van der Waals surface area contributed by atoms with Crippen LogP contribution in [0.3, 0.4) is 0 Å². The molecule has 7 heteroatoms. The summed E-state index contributed by atoms with van der Waals surface area (Å²) in [7, 11) is 0. The summed E-state index contributed by atoms with van der Waals surface area (Å²) in [4.78, 5) is 18.9. The van der Waals surface area contributed by atoms with Gasteiger partial charge in [-0.25, -0.2) is 14.9 Å². The van der Waals surface area contributed by atoms with E-state index in [1.165, 1.54) is 5.32 Å². The molecule has 0 saturated heterocycles. The van der Waals surface area contributed by atoms with Crippen LogP contribution in [0.5, 0.6) is 0 Å². The van der Waals surface area contributed by atoms with Crippen molar-refractivity contribution in [2.24, 2.45) is 5.73 Å². The topological polar surface area (TPSA) is 136 Å². The highest BCUT2D eigenvalue weighted by atomic mass is 16.4. The zero-order valence-corrected chi connectivity index (χ0v) is 4.74. The van der Waals surface area contributed by atoms with Gasteiger partial charge in [-0.2, -0.15) is 5.26 Å². The smallest absolute Gasteiger partial charge is 0.412 e. The molecule has 3 amide bonds. The number of carboxylic acid groups (broad SMARTS) is 1. The van der Waals surface area contributed by atoms with E-state index in [4.69, 9.17) is 15.5 Å². The fourth-order valence-electron chi connectivity index (χ4n) is 0.105. The van der Waals surface area contributed by atoms with E-state index in [-0.39, 0.29) is 0 Å². The summed E-state index contributed by atoms with van der Waals surface area (Å²) in [5.74, 6) is 0. The van der Waals surface area contributed by atoms with Crippen LogP contribution in [0.15, 0.2) is 0 Å². The van der Waals surface area contributed by atoms with Gasteiger partial charge in [-0.05, 0) is 0 Å². The van der Waals surface area contributed by atoms with Gasteiger partial charge in [0.2, 0.25) is 0 Å². The lowest BCUT2D eigenvalue weighted by Gasteiger charge is -1.86. The third-order valence-corrected chi connectivity index (χ3v) is 0.230. The lowest BCUT2D eigenvalue weighted by atomic mass is 11.0. The molecule has 0 aromatic carbocycles. The number of nitrogens with two attached hydrogens (primary N) is 1. The molecule has 0 aliphatic heterocycles. The first-order valence-electron chi connectivity index (χ1n) is 1.87. The molecule has 7 nitrogen and oxygen atoms in total. The first kappa shape index (κ1) is 10.9. The maximum Gasteiger partial charge on any atom is 0.412 e. The Morgan fingerprint density at radius 3 is 1.90 bits per heavy atom. The van der Waals surface area contributed by atoms with E-state index in [2.05, 4.69) is 5.73 Å². The Morgan fingerprint density at radius 1 is 1.60 bits per heavy atom. The van der Waals surface area contributed by atoms with E-state index in [1.807, 2.05) is 0 Å². The molecule has 0 radical (unpaired) electrons. The van der Waals surface area contributed by atoms with Crippen LogP contribution in [-0.4, -0.2) is 22.3 Å². The molecule has 0 bridgehead atoms. The first-order valence-corrected chi connectivity index (χ1v) is 1.87. The van der Waals surface area contributed by atoms with Crippen molar-refractivity contribution >= 4 is 12.1 Å². The second kappa shape index (κ2) is 7.03. The minimum atomic E-state index is -1.44. The fraction of sp³-hybridized carbons (Fsp3) is 0. The van der Waals surface area contributed by atoms with Crippen molar-refractivity contribution in [3.05, 3.63) is 0 Å². The van der Waals surface area contributed by atoms with Gasteiger partial charge in [0.25, 0.3) is 6.26 Å². The monoisotopic (exact) mass is 147 g/mol. The highest BCUT2D eigenvalue weighted by molar-refractivity contribution is 5.88. The van der Waals surface area contributed by atoms with Crippen molar-refractivity contribution < 1.29 is 19.8 Å². The van der Waals surface area contributed by atoms with Crippen LogP contribution in [0, 0.1) is 11.5 Å². The second-order valence-electron chi connectivity index (χ2n) is 0.894. The number of carbonyl (C=O) groups is 2. The molecule has 0 aromatic heterocycles. The van der Waals surface area contributed by atoms with Crippen LogP contribution in [0.4, 0.5) is 9.59 Å². The Labute approximate surface area is 55.7 Å². The standard InChI is InChI=1S/C2H4N2O3.CHNO/c3-1(5)4-2(6)7;2-1-3/h(H,6,7)(H3,3,4,5);3H. The average Bonchev–Trinajstić information content (AvgIpc) is 1.62. The number of carbonyl (C=O) groups excluding carboxylic acids is 1. The minimum absolute atomic E-state index is 0.750. The third-order valence-electron chi connectivity index (χ3n) is 0.230. The Bertz CT molecular complexity index is 148. The van der Waals surface area contributed by atoms with Gasteiger partial charge in [0.1, 0.15) is 0 Å². The van der Waals surface area contributed by atoms with E-state index in [9.17, 15) is 9.59 Å². The van der Waals surface area contributed by atoms with Crippen molar-refractivity contribution in [2.45, 2.75) is 0 Å². The molecule has 0 unspecified atom stereocenters. The van der Waals surface area contributed by atoms with E-state index in [0.717, 1.165) is 6.26 Å². The molecule has 56 valence electrons. The summed E-state index contributed by atoms with van der Waals surface area (Å²) >= 11 is 0. The zero-order valence-electron chi connectivity index (χ0n) is 4.74. The number of imide groups is 1. The van der Waals surface area contributed by atoms with Gasteiger partial charge in [0.15, 0.2) is 0 Å². The predicted molar refractivity (Wildman–Crippen MR) is 28.3 cm³/mol. The average molecular weight is 147 g/mol. The molecular formula is C3H5N3O4. The van der Waals surface area contributed by atoms with E-state index >= 15 is 0 Å². The van der Waals surface area contributed by atoms with E-state index < -0.39 is 12.1 Å². The largest absolute Gasteiger partial charge is 0.465 e. The number of hydrogen-bond donors (Lipinski definition) is 4. The quantitative estimate of drug-likeness (QED) is 0.331. The summed E-state index contributed by atoms with van der Waals surface area (Å²) in [5.41, 5.74) is 4.36. The van der Waals surface area contributed by atoms with Crippen molar-refractivity contribution in [3.8, 4) is 6.26 Å². The van der Waals surface area contributed by atoms with Gasteiger partial charge >= 0.3 is 12.1 Å². The van der Waals surface area contributed by atoms with Crippen LogP contribution in [0.2, 0.25) is 0 Å². The normalized spacial score (nSPS) is 5.90. The molecule has 5 N–H and O–H groups in total. The Hall–Kier alpha value is -1.97. The summed E-state index contributed by atoms with van der Waals surface area (Å²) in [5, 5.41) is 22.8. The fourth-order valence-corrected chi connectivity index (χ4v) is 0.105. The van der Waals surface area contributed by atoms with Gasteiger partial charge in [0, 0.05) is 0 Å². The number of aliphatic hydroxyl groups is 1. The van der Waals surface area contributed by atoms with Crippen LogP contribution >= 0.6 is 0 Å². The molecule has 0 aliphatic rings. The molecule has 0 aromatic rings. The molecule has 0 saturated carbocycles. The van der Waals surface area contributed by atoms with Gasteiger partial charge < -0.3 is 15.9 Å². The van der Waals surface area contributed by atoms with Gasteiger partial charge in [-0.1, -0.05) is 0 Å². The van der Waals surface area contributed by atoms with Gasteiger partial charge in [-0.15, -0.1) is 0 Å². The number of nitrogens with zero attached hydrogens (tertiary/aromatic N) is 1. The maximum atomic E-state index is 9.54. The summed E-state index contributed by atoms with van der Waals surface area (Å²) < 4.78 is 0. The zero-order chi connectivity index (χ0) is 8.57. The molecule has 0 aliphatic carbocycles. The predicted octanol–water partition coefficient (Wildman–Crippen LogP) is -0.827. The molecule has 0 atom stereocenters. The van der Waals surface area contributed by atoms with Crippen molar-refractivity contribution in [2.75, 3.05) is 0 Å². The highest BCUT2D eigenvalue weighted by Crippen LogP contribution is 1.55. The summed E-state index contributed by atoms with van der Waals surface area (Å²) in [6.07, 6.45) is -0.687. The molecule has 0 spiro atoms. The van der Waals surface area contributed by atoms with Crippen LogP contribution in [0.1, 0.15) is 0 Å². The van der Waals surface area contributed by atoms with E-state index in [0.29, 0.717) is 0 Å². The number of nitriles is 1. The Kier molecular flexibility index (Phi) is 7.67. The lowest BCUT2D eigenvalue weighted by Crippen LogP contribution is -2.33. The lowest BCUT2D eigenvalue weighted by molar-refractivity contribution is 0.193. The van der Waals surface area contributed by atoms with Crippen LogP contribution in [-0.2, 0) is 0 Å². The van der Waals surface area contributed by atoms with Crippen molar-refractivity contribution in [1.29, 1.82) is 5.26 Å². The molecule has 0 rings (SSSR count). The number of hydrogen-bond acceptors (Lipinski definition) is 4. The van der Waals surface area contributed by atoms with E-state index in [1.54, 1.807) is 0 Å². The van der Waals surface area contributed by atoms with Gasteiger partial charge in [-0.3, -0.25) is 0 Å². The summed E-state index contributed by atoms with van der Waals surface area (Å²) in [6.45, 7) is 0. The molecule has 0 fully saturated rings. The first-order chi connectivity index (χ1) is 4.54. The molecular weight excluding hydrogens is 142 g/mol. The van der Waals surface area contributed by atoms with Crippen LogP contribution in [0.25, 0.3) is 0 Å². The van der Waals surface area contributed by atoms with Crippen molar-refractivity contribution in [3.63, 3.8) is 0 Å². The Morgan fingerprint density at radius 2 is 1.90 bits per heavy atom. The third kappa shape index (κ3) is 37.0. The summed E-state index contributed by atoms with van der Waals surface area (Å²) in [6, 6.07) is -1.06. The number of aliphatic hydroxyl groups excluding tert-OH is 1. The number of nitrogens with one attached hydrogen (secondary N) is 1. The highest BCUT2D eigenvalue weighted by Gasteiger charge is 1.94. The molecule has 10 heavy (non-hydrogen) atoms. The Balaban J connectivity index is 0. The number of urea groups is 1. The second-order valence-corrected chi connectivity index (χ2v) is 0.894. The number of rotatable bonds is 0. The van der Waals surface area contributed by atoms with Gasteiger partial charge in [0.05, 0.1) is 0 Å². The minimum Gasteiger partial charge on any atom is -0.465 e. The van der Waals surface area contributed by atoms with Crippen LogP contribution < -0.4 is 11.1 Å². The number of primary amides is 1. The molecule has 0 heterocycles.